The van der Waals surface area contributed by atoms with Gasteiger partial charge in [-0.15, -0.1) is 0 Å². The minimum absolute atomic E-state index is 0.325. The van der Waals surface area contributed by atoms with E-state index in [2.05, 4.69) is 286 Å². The molecule has 0 aliphatic carbocycles. The highest BCUT2D eigenvalue weighted by Gasteiger charge is 2.46. The summed E-state index contributed by atoms with van der Waals surface area (Å²) in [5.41, 5.74) is 24.8. The molecule has 4 aliphatic rings. The van der Waals surface area contributed by atoms with Crippen LogP contribution < -0.4 is 41.0 Å². The van der Waals surface area contributed by atoms with Crippen molar-refractivity contribution >= 4 is 113 Å². The minimum atomic E-state index is -0.375. The molecule has 12 aromatic carbocycles. The molecule has 80 heavy (non-hydrogen) atoms. The predicted octanol–water partition coefficient (Wildman–Crippen LogP) is 15.4. The van der Waals surface area contributed by atoms with E-state index in [1.54, 1.807) is 0 Å². The van der Waals surface area contributed by atoms with Gasteiger partial charge in [0.2, 0.25) is 0 Å². The Labute approximate surface area is 462 Å². The molecule has 0 radical (unpaired) electrons. The summed E-state index contributed by atoms with van der Waals surface area (Å²) in [6.45, 7) is -0.700. The quantitative estimate of drug-likeness (QED) is 0.161. The fourth-order valence-corrected chi connectivity index (χ4v) is 14.1. The lowest BCUT2D eigenvalue weighted by Gasteiger charge is -2.40. The van der Waals surface area contributed by atoms with Crippen LogP contribution in [-0.4, -0.2) is 23.0 Å². The first-order chi connectivity index (χ1) is 39.7. The number of hydrogen-bond donors (Lipinski definition) is 0. The Kier molecular flexibility index (Phi) is 9.03. The number of benzene rings is 12. The van der Waals surface area contributed by atoms with Crippen LogP contribution in [0.25, 0.3) is 88.4 Å². The normalized spacial score (nSPS) is 13.3. The third-order valence-corrected chi connectivity index (χ3v) is 17.3. The number of rotatable bonds is 5. The number of nitrogens with zero attached hydrogens (tertiary/aromatic N) is 4. The summed E-state index contributed by atoms with van der Waals surface area (Å²) in [5.74, 6) is 1.77. The second kappa shape index (κ2) is 16.5. The zero-order chi connectivity index (χ0) is 52.2. The second-order valence-corrected chi connectivity index (χ2v) is 21.4. The molecule has 370 valence electrons. The van der Waals surface area contributed by atoms with Crippen LogP contribution in [0.4, 0.5) is 34.1 Å². The van der Waals surface area contributed by atoms with Crippen molar-refractivity contribution in [3.8, 4) is 56.3 Å². The first-order valence-corrected chi connectivity index (χ1v) is 27.6. The van der Waals surface area contributed by atoms with Gasteiger partial charge >= 0.3 is 13.8 Å². The fraction of sp³-hybridized carbons (Fsp3) is 0. The molecular formula is C72H44B2N4O2. The Bertz CT molecular complexity index is 4920. The average Bonchev–Trinajstić information content (AvgIpc) is 3.63. The standard InChI is InChI=1S/C72H44B2N4O2/c1-5-22-46(23-6-1)75-58-35-17-13-31-52(58)67-62(75)44-63-70-68(67)53-32-15-20-39-65(53)80-74(70)57-41-40-45(42-61(57)76(63)47-24-7-2-8-25-47)50-33-21-37-60-66(50)55-43-54-51-30-14-19-38-64(51)79-73-56-34-16-18-36-59(56)77(48-26-9-3-10-27-48)72(69(54)73)71(55)78(60)49-28-11-4-12-29-49/h1-44H. The molecule has 6 nitrogen and oxygen atoms in total. The SMILES string of the molecule is c1ccc(N2c3cc(-c4cccc5c4c4cc6c7c(c4n5-c4ccccc4)N(c4ccccc4)c4ccccc4B7Oc4ccccc4-6)ccc3B3Oc4ccccc4-c4c3c2cc2c4c3ccccc3n2-c2ccccc2)cc1. The van der Waals surface area contributed by atoms with Gasteiger partial charge in [0.05, 0.1) is 27.8 Å². The van der Waals surface area contributed by atoms with Crippen molar-refractivity contribution < 1.29 is 9.31 Å². The largest absolute Gasteiger partial charge is 0.551 e. The smallest absolute Gasteiger partial charge is 0.431 e. The predicted molar refractivity (Wildman–Crippen MR) is 332 cm³/mol. The summed E-state index contributed by atoms with van der Waals surface area (Å²) >= 11 is 0. The second-order valence-electron chi connectivity index (χ2n) is 21.4. The summed E-state index contributed by atoms with van der Waals surface area (Å²) in [7, 11) is 0. The molecule has 14 aromatic rings. The zero-order valence-electron chi connectivity index (χ0n) is 43.2. The monoisotopic (exact) mass is 1020 g/mol. The third-order valence-electron chi connectivity index (χ3n) is 17.3. The lowest BCUT2D eigenvalue weighted by molar-refractivity contribution is 0.590. The van der Waals surface area contributed by atoms with Crippen LogP contribution in [0.15, 0.2) is 267 Å². The Morgan fingerprint density at radius 3 is 1.62 bits per heavy atom. The summed E-state index contributed by atoms with van der Waals surface area (Å²) in [4.78, 5) is 4.99. The van der Waals surface area contributed by atoms with Gasteiger partial charge in [0.25, 0.3) is 0 Å². The molecule has 2 aromatic heterocycles. The Hall–Kier alpha value is -10.4. The van der Waals surface area contributed by atoms with E-state index >= 15 is 0 Å². The van der Waals surface area contributed by atoms with Gasteiger partial charge in [-0.1, -0.05) is 170 Å². The van der Waals surface area contributed by atoms with Crippen molar-refractivity contribution in [2.75, 3.05) is 9.80 Å². The zero-order valence-corrected chi connectivity index (χ0v) is 43.2. The highest BCUT2D eigenvalue weighted by molar-refractivity contribution is 6.87. The molecule has 0 unspecified atom stereocenters. The van der Waals surface area contributed by atoms with E-state index in [-0.39, 0.29) is 13.8 Å². The van der Waals surface area contributed by atoms with Crippen molar-refractivity contribution in [3.05, 3.63) is 267 Å². The van der Waals surface area contributed by atoms with E-state index < -0.39 is 0 Å². The van der Waals surface area contributed by atoms with Crippen LogP contribution in [0.5, 0.6) is 11.5 Å². The number of anilines is 6. The number of fused-ring (bicyclic) bond motifs is 16. The maximum Gasteiger partial charge on any atom is 0.431 e. The van der Waals surface area contributed by atoms with Gasteiger partial charge < -0.3 is 28.2 Å². The van der Waals surface area contributed by atoms with E-state index in [4.69, 9.17) is 9.31 Å². The summed E-state index contributed by atoms with van der Waals surface area (Å²) in [5, 5.41) is 4.79. The highest BCUT2D eigenvalue weighted by Crippen LogP contribution is 2.53. The summed E-state index contributed by atoms with van der Waals surface area (Å²) in [6, 6.07) is 97.2. The number of hydrogen-bond acceptors (Lipinski definition) is 4. The molecule has 0 saturated carbocycles. The Balaban J connectivity index is 0.948. The Morgan fingerprint density at radius 2 is 0.875 bits per heavy atom. The van der Waals surface area contributed by atoms with Crippen molar-refractivity contribution in [3.63, 3.8) is 0 Å². The van der Waals surface area contributed by atoms with Crippen LogP contribution in [0.2, 0.25) is 0 Å². The molecule has 18 rings (SSSR count). The van der Waals surface area contributed by atoms with Crippen LogP contribution in [0, 0.1) is 0 Å². The molecule has 0 spiro atoms. The van der Waals surface area contributed by atoms with Gasteiger partial charge in [-0.25, -0.2) is 0 Å². The molecule has 8 heteroatoms. The lowest BCUT2D eigenvalue weighted by atomic mass is 9.49. The van der Waals surface area contributed by atoms with Gasteiger partial charge in [0, 0.05) is 83.4 Å². The van der Waals surface area contributed by atoms with Gasteiger partial charge in [-0.05, 0) is 130 Å². The lowest BCUT2D eigenvalue weighted by Crippen LogP contribution is -2.56. The molecule has 0 N–H and O–H groups in total. The van der Waals surface area contributed by atoms with Gasteiger partial charge in [-0.2, -0.15) is 0 Å². The Morgan fingerprint density at radius 1 is 0.312 bits per heavy atom. The maximum atomic E-state index is 7.37. The molecule has 0 amide bonds. The maximum absolute atomic E-state index is 7.37. The van der Waals surface area contributed by atoms with Crippen LogP contribution in [-0.2, 0) is 0 Å². The molecule has 6 heterocycles. The molecular weight excluding hydrogens is 974 g/mol. The molecule has 0 atom stereocenters. The van der Waals surface area contributed by atoms with Crippen molar-refractivity contribution in [2.24, 2.45) is 0 Å². The number of aromatic nitrogens is 2. The summed E-state index contributed by atoms with van der Waals surface area (Å²) < 4.78 is 19.5. The van der Waals surface area contributed by atoms with Crippen LogP contribution in [0.3, 0.4) is 0 Å². The molecule has 0 saturated heterocycles. The van der Waals surface area contributed by atoms with Crippen LogP contribution >= 0.6 is 0 Å². The van der Waals surface area contributed by atoms with Gasteiger partial charge in [0.1, 0.15) is 11.5 Å². The topological polar surface area (TPSA) is 34.8 Å². The first-order valence-electron chi connectivity index (χ1n) is 27.6. The fourth-order valence-electron chi connectivity index (χ4n) is 14.1. The minimum Gasteiger partial charge on any atom is -0.551 e. The molecule has 0 bridgehead atoms. The first kappa shape index (κ1) is 43.6. The average molecular weight is 1020 g/mol. The van der Waals surface area contributed by atoms with E-state index in [1.807, 2.05) is 0 Å². The van der Waals surface area contributed by atoms with Crippen molar-refractivity contribution in [2.45, 2.75) is 0 Å². The van der Waals surface area contributed by atoms with Gasteiger partial charge in [-0.3, -0.25) is 0 Å². The van der Waals surface area contributed by atoms with E-state index in [0.29, 0.717) is 0 Å². The van der Waals surface area contributed by atoms with Gasteiger partial charge in [0.15, 0.2) is 0 Å². The number of para-hydroxylation sites is 8. The van der Waals surface area contributed by atoms with E-state index in [9.17, 15) is 0 Å². The third kappa shape index (κ3) is 5.94. The van der Waals surface area contributed by atoms with Crippen molar-refractivity contribution in [1.82, 2.24) is 9.13 Å². The summed E-state index contributed by atoms with van der Waals surface area (Å²) in [6.07, 6.45) is 0. The van der Waals surface area contributed by atoms with E-state index in [0.717, 1.165) is 107 Å². The molecule has 0 fully saturated rings. The van der Waals surface area contributed by atoms with Crippen molar-refractivity contribution in [1.29, 1.82) is 0 Å². The van der Waals surface area contributed by atoms with E-state index in [1.165, 1.54) is 49.1 Å². The highest BCUT2D eigenvalue weighted by atomic mass is 16.4. The molecule has 4 aliphatic heterocycles. The van der Waals surface area contributed by atoms with Crippen LogP contribution in [0.1, 0.15) is 0 Å².